The standard InChI is InChI=1S/C51H32N4S/c1-4-14-33(15-5-1)49-52-50(34-16-6-2-7-17-34)54-51(53-49)37-25-28-46-43(32-37)40-21-11-10-20-39(40)42-30-35(24-27-45(42)55(46)38-18-8-3-9-19-38)36-26-29-48-44(31-36)41-22-12-13-23-47(41)56-48/h1-32H. The van der Waals surface area contributed by atoms with E-state index in [4.69, 9.17) is 15.0 Å². The van der Waals surface area contributed by atoms with Crippen LogP contribution in [0.2, 0.25) is 0 Å². The fourth-order valence-electron chi connectivity index (χ4n) is 7.99. The molecule has 0 fully saturated rings. The van der Waals surface area contributed by atoms with E-state index in [2.05, 4.69) is 138 Å². The average Bonchev–Trinajstić information content (AvgIpc) is 3.60. The van der Waals surface area contributed by atoms with Crippen molar-refractivity contribution in [2.75, 3.05) is 4.90 Å². The van der Waals surface area contributed by atoms with Gasteiger partial charge < -0.3 is 4.90 Å². The van der Waals surface area contributed by atoms with E-state index >= 15 is 0 Å². The van der Waals surface area contributed by atoms with Crippen LogP contribution in [0.5, 0.6) is 0 Å². The zero-order valence-electron chi connectivity index (χ0n) is 30.2. The predicted molar refractivity (Wildman–Crippen MR) is 234 cm³/mol. The second-order valence-electron chi connectivity index (χ2n) is 14.0. The molecule has 0 N–H and O–H groups in total. The maximum absolute atomic E-state index is 5.09. The Morgan fingerprint density at radius 1 is 0.321 bits per heavy atom. The molecule has 10 aromatic rings. The number of aromatic nitrogens is 3. The van der Waals surface area contributed by atoms with E-state index < -0.39 is 0 Å². The van der Waals surface area contributed by atoms with Crippen LogP contribution in [0.15, 0.2) is 194 Å². The fourth-order valence-corrected chi connectivity index (χ4v) is 9.08. The van der Waals surface area contributed by atoms with Crippen molar-refractivity contribution in [2.45, 2.75) is 0 Å². The third-order valence-electron chi connectivity index (χ3n) is 10.7. The Bertz CT molecular complexity index is 3030. The second-order valence-corrected chi connectivity index (χ2v) is 15.1. The van der Waals surface area contributed by atoms with E-state index in [0.717, 1.165) is 44.9 Å². The van der Waals surface area contributed by atoms with Gasteiger partial charge >= 0.3 is 0 Å². The molecule has 262 valence electrons. The molecule has 1 aliphatic heterocycles. The molecule has 0 amide bonds. The van der Waals surface area contributed by atoms with E-state index in [1.807, 2.05) is 72.0 Å². The van der Waals surface area contributed by atoms with Crippen molar-refractivity contribution < 1.29 is 0 Å². The van der Waals surface area contributed by atoms with Gasteiger partial charge in [0.2, 0.25) is 0 Å². The minimum Gasteiger partial charge on any atom is -0.309 e. The van der Waals surface area contributed by atoms with Gasteiger partial charge in [0.15, 0.2) is 17.5 Å². The smallest absolute Gasteiger partial charge is 0.164 e. The Labute approximate surface area is 328 Å². The number of para-hydroxylation sites is 1. The summed E-state index contributed by atoms with van der Waals surface area (Å²) in [5.74, 6) is 1.92. The summed E-state index contributed by atoms with van der Waals surface area (Å²) in [6, 6.07) is 68.9. The van der Waals surface area contributed by atoms with Crippen molar-refractivity contribution >= 4 is 48.6 Å². The van der Waals surface area contributed by atoms with Crippen LogP contribution in [0.4, 0.5) is 17.1 Å². The van der Waals surface area contributed by atoms with Crippen LogP contribution in [0.25, 0.3) is 87.7 Å². The molecule has 0 bridgehead atoms. The minimum absolute atomic E-state index is 0.629. The minimum atomic E-state index is 0.629. The topological polar surface area (TPSA) is 41.9 Å². The summed E-state index contributed by atoms with van der Waals surface area (Å²) in [5, 5.41) is 2.61. The molecule has 0 atom stereocenters. The molecule has 8 aromatic carbocycles. The van der Waals surface area contributed by atoms with Crippen molar-refractivity contribution in [3.63, 3.8) is 0 Å². The molecule has 0 aliphatic carbocycles. The van der Waals surface area contributed by atoms with E-state index in [0.29, 0.717) is 17.5 Å². The summed E-state index contributed by atoms with van der Waals surface area (Å²) in [6.45, 7) is 0. The Hall–Kier alpha value is -7.21. The lowest BCUT2D eigenvalue weighted by Gasteiger charge is -2.28. The van der Waals surface area contributed by atoms with E-state index in [-0.39, 0.29) is 0 Å². The molecular weight excluding hydrogens is 701 g/mol. The van der Waals surface area contributed by atoms with E-state index in [1.165, 1.54) is 42.4 Å². The molecule has 0 unspecified atom stereocenters. The van der Waals surface area contributed by atoms with Crippen molar-refractivity contribution in [3.8, 4) is 67.5 Å². The Balaban J connectivity index is 1.12. The Morgan fingerprint density at radius 2 is 0.786 bits per heavy atom. The molecule has 3 heterocycles. The monoisotopic (exact) mass is 732 g/mol. The van der Waals surface area contributed by atoms with Gasteiger partial charge in [-0.3, -0.25) is 0 Å². The van der Waals surface area contributed by atoms with Gasteiger partial charge in [0.1, 0.15) is 0 Å². The van der Waals surface area contributed by atoms with Gasteiger partial charge in [-0.25, -0.2) is 15.0 Å². The maximum atomic E-state index is 5.09. The summed E-state index contributed by atoms with van der Waals surface area (Å²) < 4.78 is 2.62. The third kappa shape index (κ3) is 5.48. The number of thiophene rings is 1. The number of anilines is 3. The van der Waals surface area contributed by atoms with E-state index in [1.54, 1.807) is 0 Å². The highest BCUT2D eigenvalue weighted by atomic mass is 32.1. The number of hydrogen-bond donors (Lipinski definition) is 0. The molecule has 11 rings (SSSR count). The summed E-state index contributed by atoms with van der Waals surface area (Å²) in [4.78, 5) is 17.5. The van der Waals surface area contributed by atoms with Crippen LogP contribution in [0, 0.1) is 0 Å². The SMILES string of the molecule is c1ccc(-c2nc(-c3ccccc3)nc(-c3ccc4c(c3)-c3ccccc3-c3cc(-c5ccc6sc7ccccc7c6c5)ccc3N4c3ccccc3)n2)cc1. The number of hydrogen-bond acceptors (Lipinski definition) is 5. The van der Waals surface area contributed by atoms with E-state index in [9.17, 15) is 0 Å². The third-order valence-corrected chi connectivity index (χ3v) is 11.8. The summed E-state index contributed by atoms with van der Waals surface area (Å²) in [6.07, 6.45) is 0. The van der Waals surface area contributed by atoms with Crippen LogP contribution in [-0.4, -0.2) is 15.0 Å². The highest BCUT2D eigenvalue weighted by Crippen LogP contribution is 2.52. The van der Waals surface area contributed by atoms with Gasteiger partial charge in [0.05, 0.1) is 11.4 Å². The normalized spacial score (nSPS) is 11.9. The first kappa shape index (κ1) is 32.2. The molecule has 5 heteroatoms. The molecule has 0 saturated heterocycles. The molecule has 4 nitrogen and oxygen atoms in total. The first-order valence-electron chi connectivity index (χ1n) is 18.8. The zero-order chi connectivity index (χ0) is 37.0. The molecule has 0 saturated carbocycles. The van der Waals surface area contributed by atoms with Crippen molar-refractivity contribution in [1.82, 2.24) is 15.0 Å². The lowest BCUT2D eigenvalue weighted by molar-refractivity contribution is 1.07. The highest BCUT2D eigenvalue weighted by Gasteiger charge is 2.27. The van der Waals surface area contributed by atoms with Crippen LogP contribution < -0.4 is 4.90 Å². The van der Waals surface area contributed by atoms with Crippen LogP contribution >= 0.6 is 11.3 Å². The summed E-state index contributed by atoms with van der Waals surface area (Å²) in [5.41, 5.74) is 13.1. The van der Waals surface area contributed by atoms with Crippen molar-refractivity contribution in [3.05, 3.63) is 194 Å². The van der Waals surface area contributed by atoms with Gasteiger partial charge in [-0.2, -0.15) is 0 Å². The van der Waals surface area contributed by atoms with Gasteiger partial charge in [-0.15, -0.1) is 11.3 Å². The summed E-state index contributed by atoms with van der Waals surface area (Å²) in [7, 11) is 0. The summed E-state index contributed by atoms with van der Waals surface area (Å²) >= 11 is 1.85. The lowest BCUT2D eigenvalue weighted by Crippen LogP contribution is -2.11. The van der Waals surface area contributed by atoms with Gasteiger partial charge in [0.25, 0.3) is 0 Å². The van der Waals surface area contributed by atoms with Crippen LogP contribution in [-0.2, 0) is 0 Å². The second kappa shape index (κ2) is 13.3. The molecule has 2 aromatic heterocycles. The zero-order valence-corrected chi connectivity index (χ0v) is 31.0. The first-order chi connectivity index (χ1) is 27.7. The molecule has 0 radical (unpaired) electrons. The Kier molecular flexibility index (Phi) is 7.64. The molecular formula is C51H32N4S. The van der Waals surface area contributed by atoms with Crippen LogP contribution in [0.1, 0.15) is 0 Å². The number of rotatable bonds is 5. The van der Waals surface area contributed by atoms with Crippen molar-refractivity contribution in [1.29, 1.82) is 0 Å². The van der Waals surface area contributed by atoms with Crippen molar-refractivity contribution in [2.24, 2.45) is 0 Å². The highest BCUT2D eigenvalue weighted by molar-refractivity contribution is 7.25. The molecule has 1 aliphatic rings. The largest absolute Gasteiger partial charge is 0.309 e. The fraction of sp³-hybridized carbons (Fsp3) is 0. The predicted octanol–water partition coefficient (Wildman–Crippen LogP) is 14.0. The number of benzene rings is 8. The molecule has 0 spiro atoms. The average molecular weight is 733 g/mol. The molecule has 56 heavy (non-hydrogen) atoms. The first-order valence-corrected chi connectivity index (χ1v) is 19.6. The van der Waals surface area contributed by atoms with Gasteiger partial charge in [-0.05, 0) is 82.9 Å². The van der Waals surface area contributed by atoms with Gasteiger partial charge in [-0.1, -0.05) is 133 Å². The Morgan fingerprint density at radius 3 is 1.43 bits per heavy atom. The van der Waals surface area contributed by atoms with Crippen LogP contribution in [0.3, 0.4) is 0 Å². The lowest BCUT2D eigenvalue weighted by atomic mass is 9.92. The maximum Gasteiger partial charge on any atom is 0.164 e. The quantitative estimate of drug-likeness (QED) is 0.177. The van der Waals surface area contributed by atoms with Gasteiger partial charge in [0, 0.05) is 53.7 Å². The number of nitrogens with zero attached hydrogens (tertiary/aromatic N) is 4. The number of fused-ring (bicyclic) bond motifs is 8.